The molecule has 0 heterocycles. The molecule has 2 aromatic rings. The van der Waals surface area contributed by atoms with Gasteiger partial charge < -0.3 is 21.3 Å². The summed E-state index contributed by atoms with van der Waals surface area (Å²) in [5, 5.41) is 11.6. The minimum atomic E-state index is -3.64. The Morgan fingerprint density at radius 1 is 0.853 bits per heavy atom. The average Bonchev–Trinajstić information content (AvgIpc) is 2.80. The highest BCUT2D eigenvalue weighted by atomic mass is 32.2. The number of sulfonamides is 1. The molecular formula is C24H35N5O4S. The fourth-order valence-corrected chi connectivity index (χ4v) is 4.98. The van der Waals surface area contributed by atoms with E-state index in [4.69, 9.17) is 0 Å². The van der Waals surface area contributed by atoms with Crippen LogP contribution >= 0.6 is 0 Å². The average molecular weight is 490 g/mol. The van der Waals surface area contributed by atoms with E-state index in [0.29, 0.717) is 31.0 Å². The zero-order valence-corrected chi connectivity index (χ0v) is 21.3. The lowest BCUT2D eigenvalue weighted by atomic mass is 10.1. The molecule has 0 spiro atoms. The van der Waals surface area contributed by atoms with Crippen molar-refractivity contribution >= 4 is 38.9 Å². The van der Waals surface area contributed by atoms with Crippen LogP contribution in [0.15, 0.2) is 41.3 Å². The quantitative estimate of drug-likeness (QED) is 0.364. The molecule has 0 saturated carbocycles. The molecule has 34 heavy (non-hydrogen) atoms. The number of carbonyl (C=O) groups excluding carboxylic acids is 2. The monoisotopic (exact) mass is 489 g/mol. The van der Waals surface area contributed by atoms with Gasteiger partial charge in [-0.2, -0.15) is 4.31 Å². The number of nitrogens with zero attached hydrogens (tertiary/aromatic N) is 1. The summed E-state index contributed by atoms with van der Waals surface area (Å²) >= 11 is 0. The van der Waals surface area contributed by atoms with Gasteiger partial charge >= 0.3 is 0 Å². The first-order valence-electron chi connectivity index (χ1n) is 11.4. The zero-order chi connectivity index (χ0) is 25.3. The third-order valence-corrected chi connectivity index (χ3v) is 7.38. The second kappa shape index (κ2) is 12.4. The molecule has 9 nitrogen and oxygen atoms in total. The SMILES string of the molecule is CCNc1ccc(S(=O)(=O)N(CC)CC)cc1NCC(=O)NCC(=O)Nc1c(C)cccc1C. The minimum Gasteiger partial charge on any atom is -0.384 e. The normalized spacial score (nSPS) is 11.2. The maximum Gasteiger partial charge on any atom is 0.243 e. The first-order chi connectivity index (χ1) is 16.1. The van der Waals surface area contributed by atoms with Crippen molar-refractivity contribution < 1.29 is 18.0 Å². The van der Waals surface area contributed by atoms with Crippen LogP contribution in [0, 0.1) is 13.8 Å². The van der Waals surface area contributed by atoms with E-state index >= 15 is 0 Å². The summed E-state index contributed by atoms with van der Waals surface area (Å²) in [5.41, 5.74) is 3.79. The Balaban J connectivity index is 2.04. The predicted octanol–water partition coefficient (Wildman–Crippen LogP) is 2.93. The predicted molar refractivity (Wildman–Crippen MR) is 137 cm³/mol. The van der Waals surface area contributed by atoms with Gasteiger partial charge in [0.15, 0.2) is 0 Å². The van der Waals surface area contributed by atoms with Crippen LogP contribution in [0.2, 0.25) is 0 Å². The van der Waals surface area contributed by atoms with Crippen molar-refractivity contribution in [2.75, 3.05) is 48.7 Å². The van der Waals surface area contributed by atoms with Gasteiger partial charge in [-0.1, -0.05) is 32.0 Å². The highest BCUT2D eigenvalue weighted by Crippen LogP contribution is 2.27. The molecule has 0 aliphatic heterocycles. The van der Waals surface area contributed by atoms with Gasteiger partial charge in [-0.05, 0) is 50.1 Å². The number of anilines is 3. The van der Waals surface area contributed by atoms with Gasteiger partial charge in [0, 0.05) is 25.3 Å². The lowest BCUT2D eigenvalue weighted by molar-refractivity contribution is -0.122. The number of amides is 2. The maximum absolute atomic E-state index is 12.9. The number of carbonyl (C=O) groups is 2. The van der Waals surface area contributed by atoms with Crippen LogP contribution in [0.25, 0.3) is 0 Å². The summed E-state index contributed by atoms with van der Waals surface area (Å²) < 4.78 is 27.1. The molecule has 2 amide bonds. The third-order valence-electron chi connectivity index (χ3n) is 5.33. The Hall–Kier alpha value is -3.11. The van der Waals surface area contributed by atoms with E-state index in [2.05, 4.69) is 21.3 Å². The third kappa shape index (κ3) is 6.94. The van der Waals surface area contributed by atoms with Crippen LogP contribution in [0.5, 0.6) is 0 Å². The number of benzene rings is 2. The fourth-order valence-electron chi connectivity index (χ4n) is 3.50. The van der Waals surface area contributed by atoms with Crippen LogP contribution in [0.3, 0.4) is 0 Å². The molecule has 0 radical (unpaired) electrons. The van der Waals surface area contributed by atoms with Crippen molar-refractivity contribution in [3.63, 3.8) is 0 Å². The zero-order valence-electron chi connectivity index (χ0n) is 20.5. The van der Waals surface area contributed by atoms with Gasteiger partial charge in [0.2, 0.25) is 21.8 Å². The van der Waals surface area contributed by atoms with E-state index in [0.717, 1.165) is 16.8 Å². The van der Waals surface area contributed by atoms with Gasteiger partial charge in [0.05, 0.1) is 29.4 Å². The molecule has 0 aliphatic carbocycles. The molecule has 10 heteroatoms. The second-order valence-electron chi connectivity index (χ2n) is 7.77. The lowest BCUT2D eigenvalue weighted by Gasteiger charge is -2.20. The minimum absolute atomic E-state index is 0.121. The summed E-state index contributed by atoms with van der Waals surface area (Å²) in [7, 11) is -3.64. The molecule has 0 saturated heterocycles. The number of rotatable bonds is 12. The lowest BCUT2D eigenvalue weighted by Crippen LogP contribution is -2.36. The maximum atomic E-state index is 12.9. The number of hydrogen-bond acceptors (Lipinski definition) is 6. The molecule has 0 aliphatic rings. The van der Waals surface area contributed by atoms with Crippen molar-refractivity contribution in [1.82, 2.24) is 9.62 Å². The van der Waals surface area contributed by atoms with Crippen molar-refractivity contribution in [3.05, 3.63) is 47.5 Å². The second-order valence-corrected chi connectivity index (χ2v) is 9.71. The molecule has 2 rings (SSSR count). The van der Waals surface area contributed by atoms with Gasteiger partial charge in [-0.15, -0.1) is 0 Å². The first-order valence-corrected chi connectivity index (χ1v) is 12.8. The highest BCUT2D eigenvalue weighted by Gasteiger charge is 2.22. The van der Waals surface area contributed by atoms with Crippen molar-refractivity contribution in [3.8, 4) is 0 Å². The molecular weight excluding hydrogens is 454 g/mol. The van der Waals surface area contributed by atoms with Crippen LogP contribution in [-0.2, 0) is 19.6 Å². The van der Waals surface area contributed by atoms with E-state index in [1.807, 2.05) is 39.0 Å². The van der Waals surface area contributed by atoms with Crippen LogP contribution in [0.1, 0.15) is 31.9 Å². The topological polar surface area (TPSA) is 120 Å². The molecule has 0 unspecified atom stereocenters. The number of aryl methyl sites for hydroxylation is 2. The standard InChI is InChI=1S/C24H35N5O4S/c1-6-25-20-13-12-19(34(32,33)29(7-2)8-3)14-21(20)26-15-22(30)27-16-23(31)28-24-17(4)10-9-11-18(24)5/h9-14,25-26H,6-8,15-16H2,1-5H3,(H,27,30)(H,28,31). The van der Waals surface area contributed by atoms with Gasteiger partial charge in [-0.25, -0.2) is 8.42 Å². The summed E-state index contributed by atoms with van der Waals surface area (Å²) in [6.07, 6.45) is 0. The van der Waals surface area contributed by atoms with Crippen LogP contribution in [-0.4, -0.2) is 57.3 Å². The van der Waals surface area contributed by atoms with E-state index in [9.17, 15) is 18.0 Å². The van der Waals surface area contributed by atoms with E-state index in [1.54, 1.807) is 26.0 Å². The molecule has 4 N–H and O–H groups in total. The summed E-state index contributed by atoms with van der Waals surface area (Å²) in [6, 6.07) is 10.5. The van der Waals surface area contributed by atoms with Crippen molar-refractivity contribution in [2.45, 2.75) is 39.5 Å². The van der Waals surface area contributed by atoms with Gasteiger partial charge in [-0.3, -0.25) is 9.59 Å². The Bertz CT molecular complexity index is 1090. The molecule has 0 fully saturated rings. The fraction of sp³-hybridized carbons (Fsp3) is 0.417. The number of nitrogens with one attached hydrogen (secondary N) is 4. The van der Waals surface area contributed by atoms with Crippen molar-refractivity contribution in [2.24, 2.45) is 0 Å². The van der Waals surface area contributed by atoms with Crippen molar-refractivity contribution in [1.29, 1.82) is 0 Å². The summed E-state index contributed by atoms with van der Waals surface area (Å²) in [6.45, 7) is 10.4. The van der Waals surface area contributed by atoms with E-state index in [1.165, 1.54) is 10.4 Å². The molecule has 0 bridgehead atoms. The molecule has 0 atom stereocenters. The Kier molecular flexibility index (Phi) is 9.88. The van der Waals surface area contributed by atoms with E-state index < -0.39 is 15.9 Å². The molecule has 186 valence electrons. The Morgan fingerprint density at radius 3 is 2.09 bits per heavy atom. The molecule has 0 aromatic heterocycles. The summed E-state index contributed by atoms with van der Waals surface area (Å²) in [4.78, 5) is 24.8. The highest BCUT2D eigenvalue weighted by molar-refractivity contribution is 7.89. The summed E-state index contributed by atoms with van der Waals surface area (Å²) in [5.74, 6) is -0.720. The van der Waals surface area contributed by atoms with Gasteiger partial charge in [0.25, 0.3) is 0 Å². The first kappa shape index (κ1) is 27.1. The van der Waals surface area contributed by atoms with Gasteiger partial charge in [0.1, 0.15) is 0 Å². The Labute approximate surface area is 202 Å². The van der Waals surface area contributed by atoms with Crippen LogP contribution in [0.4, 0.5) is 17.1 Å². The number of hydrogen-bond donors (Lipinski definition) is 4. The largest absolute Gasteiger partial charge is 0.384 e. The van der Waals surface area contributed by atoms with E-state index in [-0.39, 0.29) is 23.9 Å². The smallest absolute Gasteiger partial charge is 0.243 e. The number of para-hydroxylation sites is 1. The van der Waals surface area contributed by atoms with Crippen LogP contribution < -0.4 is 21.3 Å². The Morgan fingerprint density at radius 2 is 1.50 bits per heavy atom. The molecule has 2 aromatic carbocycles.